The summed E-state index contributed by atoms with van der Waals surface area (Å²) in [6.07, 6.45) is 4.22. The number of aromatic amines is 1. The molecule has 4 rings (SSSR count). The number of pyridine rings is 1. The Kier molecular flexibility index (Phi) is 4.99. The third-order valence-electron chi connectivity index (χ3n) is 4.26. The van der Waals surface area contributed by atoms with Crippen molar-refractivity contribution >= 4 is 38.4 Å². The Labute approximate surface area is 169 Å². The van der Waals surface area contributed by atoms with E-state index < -0.39 is 27.3 Å². The molecule has 9 nitrogen and oxygen atoms in total. The van der Waals surface area contributed by atoms with Crippen LogP contribution in [0.3, 0.4) is 0 Å². The first-order chi connectivity index (χ1) is 14.4. The molecule has 0 saturated heterocycles. The van der Waals surface area contributed by atoms with Gasteiger partial charge >= 0.3 is 0 Å². The maximum atomic E-state index is 14.9. The molecule has 0 radical (unpaired) electrons. The largest absolute Gasteiger partial charge is 0.335 e. The van der Waals surface area contributed by atoms with Crippen molar-refractivity contribution in [2.45, 2.75) is 6.92 Å². The number of fused-ring (bicyclic) bond motifs is 1. The predicted octanol–water partition coefficient (Wildman–Crippen LogP) is 3.20. The van der Waals surface area contributed by atoms with Crippen molar-refractivity contribution in [1.82, 2.24) is 24.9 Å². The number of benzene rings is 1. The van der Waals surface area contributed by atoms with Gasteiger partial charge in [0.1, 0.15) is 34.9 Å². The molecular formula is C18H15F2N7O2S. The van der Waals surface area contributed by atoms with Crippen molar-refractivity contribution in [3.63, 3.8) is 0 Å². The van der Waals surface area contributed by atoms with Crippen LogP contribution in [-0.2, 0) is 10.0 Å². The maximum absolute atomic E-state index is 14.9. The highest BCUT2D eigenvalue weighted by molar-refractivity contribution is 7.92. The molecule has 1 aromatic carbocycles. The van der Waals surface area contributed by atoms with Crippen molar-refractivity contribution in [2.75, 3.05) is 15.8 Å². The molecule has 0 fully saturated rings. The Balaban J connectivity index is 1.79. The molecule has 4 aromatic rings. The van der Waals surface area contributed by atoms with Crippen molar-refractivity contribution in [2.24, 2.45) is 0 Å². The van der Waals surface area contributed by atoms with Crippen LogP contribution in [0.5, 0.6) is 0 Å². The lowest BCUT2D eigenvalue weighted by Gasteiger charge is -2.14. The zero-order chi connectivity index (χ0) is 21.3. The van der Waals surface area contributed by atoms with Gasteiger partial charge in [-0.05, 0) is 31.2 Å². The average molecular weight is 431 g/mol. The lowest BCUT2D eigenvalue weighted by molar-refractivity contribution is 0.589. The second kappa shape index (κ2) is 7.63. The molecule has 0 aliphatic heterocycles. The van der Waals surface area contributed by atoms with Gasteiger partial charge in [0.15, 0.2) is 11.5 Å². The van der Waals surface area contributed by atoms with Crippen LogP contribution in [0.2, 0.25) is 0 Å². The number of imidazole rings is 1. The van der Waals surface area contributed by atoms with E-state index in [4.69, 9.17) is 0 Å². The van der Waals surface area contributed by atoms with E-state index in [0.717, 1.165) is 12.1 Å². The monoisotopic (exact) mass is 431 g/mol. The van der Waals surface area contributed by atoms with Gasteiger partial charge in [-0.1, -0.05) is 0 Å². The maximum Gasteiger partial charge on any atom is 0.232 e. The van der Waals surface area contributed by atoms with Crippen LogP contribution >= 0.6 is 0 Å². The normalized spacial score (nSPS) is 11.6. The Hall–Kier alpha value is -3.67. The molecule has 3 N–H and O–H groups in total. The summed E-state index contributed by atoms with van der Waals surface area (Å²) >= 11 is 0. The molecule has 30 heavy (non-hydrogen) atoms. The van der Waals surface area contributed by atoms with Gasteiger partial charge in [0.05, 0.1) is 17.8 Å². The van der Waals surface area contributed by atoms with Crippen molar-refractivity contribution < 1.29 is 17.2 Å². The van der Waals surface area contributed by atoms with Crippen LogP contribution in [0.4, 0.5) is 26.0 Å². The van der Waals surface area contributed by atoms with Crippen LogP contribution in [-0.4, -0.2) is 39.1 Å². The summed E-state index contributed by atoms with van der Waals surface area (Å²) in [5.41, 5.74) is 0.839. The van der Waals surface area contributed by atoms with E-state index in [2.05, 4.69) is 35.0 Å². The SMILES string of the molecule is CCS(=O)(=O)Nc1ccc(F)c(Nc2ncccc2-c2ncnc3[nH]cnc23)c1F. The zero-order valence-electron chi connectivity index (χ0n) is 15.5. The fourth-order valence-corrected chi connectivity index (χ4v) is 3.40. The summed E-state index contributed by atoms with van der Waals surface area (Å²) < 4.78 is 55.0. The van der Waals surface area contributed by atoms with Crippen molar-refractivity contribution in [3.05, 3.63) is 54.8 Å². The number of aromatic nitrogens is 5. The standard InChI is InChI=1S/C18H15F2N7O2S/c1-2-30(28,29)27-12-6-5-11(19)15(13(12)20)26-17-10(4-3-7-21-17)14-16-18(24-8-22-14)25-9-23-16/h3-9,27H,2H2,1H3,(H,21,26)(H,22,23,24,25). The highest BCUT2D eigenvalue weighted by Crippen LogP contribution is 2.33. The first kappa shape index (κ1) is 19.6. The molecule has 0 amide bonds. The van der Waals surface area contributed by atoms with Gasteiger partial charge in [-0.3, -0.25) is 4.72 Å². The quantitative estimate of drug-likeness (QED) is 0.428. The number of hydrogen-bond acceptors (Lipinski definition) is 7. The van der Waals surface area contributed by atoms with Gasteiger partial charge in [0.2, 0.25) is 10.0 Å². The second-order valence-electron chi connectivity index (χ2n) is 6.14. The highest BCUT2D eigenvalue weighted by Gasteiger charge is 2.20. The summed E-state index contributed by atoms with van der Waals surface area (Å²) in [7, 11) is -3.75. The molecule has 0 bridgehead atoms. The van der Waals surface area contributed by atoms with Gasteiger partial charge < -0.3 is 10.3 Å². The molecule has 154 valence electrons. The minimum Gasteiger partial charge on any atom is -0.335 e. The van der Waals surface area contributed by atoms with Gasteiger partial charge in [-0.2, -0.15) is 0 Å². The third kappa shape index (κ3) is 3.64. The topological polar surface area (TPSA) is 126 Å². The first-order valence-electron chi connectivity index (χ1n) is 8.74. The van der Waals surface area contributed by atoms with E-state index >= 15 is 0 Å². The summed E-state index contributed by atoms with van der Waals surface area (Å²) in [6, 6.07) is 5.27. The van der Waals surface area contributed by atoms with Gasteiger partial charge in [0, 0.05) is 11.8 Å². The summed E-state index contributed by atoms with van der Waals surface area (Å²) in [4.78, 5) is 19.5. The number of rotatable bonds is 6. The molecule has 0 aliphatic rings. The van der Waals surface area contributed by atoms with E-state index in [1.54, 1.807) is 12.1 Å². The van der Waals surface area contributed by atoms with E-state index in [9.17, 15) is 17.2 Å². The van der Waals surface area contributed by atoms with Crippen molar-refractivity contribution in [1.29, 1.82) is 0 Å². The molecule has 0 atom stereocenters. The number of halogens is 2. The fraction of sp³-hybridized carbons (Fsp3) is 0.111. The van der Waals surface area contributed by atoms with E-state index in [1.165, 1.54) is 25.8 Å². The van der Waals surface area contributed by atoms with E-state index in [1.807, 2.05) is 0 Å². The Morgan fingerprint density at radius 1 is 1.10 bits per heavy atom. The number of sulfonamides is 1. The predicted molar refractivity (Wildman–Crippen MR) is 108 cm³/mol. The number of nitrogens with one attached hydrogen (secondary N) is 3. The fourth-order valence-electron chi connectivity index (χ4n) is 2.76. The lowest BCUT2D eigenvalue weighted by Crippen LogP contribution is -2.16. The smallest absolute Gasteiger partial charge is 0.232 e. The van der Waals surface area contributed by atoms with Crippen LogP contribution < -0.4 is 10.0 Å². The molecule has 0 saturated carbocycles. The van der Waals surface area contributed by atoms with Gasteiger partial charge in [0.25, 0.3) is 0 Å². The Morgan fingerprint density at radius 3 is 2.73 bits per heavy atom. The summed E-state index contributed by atoms with van der Waals surface area (Å²) in [5.74, 6) is -2.18. The van der Waals surface area contributed by atoms with Gasteiger partial charge in [-0.25, -0.2) is 37.1 Å². The summed E-state index contributed by atoms with van der Waals surface area (Å²) in [6.45, 7) is 1.40. The van der Waals surface area contributed by atoms with Crippen LogP contribution in [0, 0.1) is 11.6 Å². The molecule has 0 spiro atoms. The highest BCUT2D eigenvalue weighted by atomic mass is 32.2. The number of nitrogens with zero attached hydrogens (tertiary/aromatic N) is 4. The zero-order valence-corrected chi connectivity index (χ0v) is 16.3. The molecule has 3 heterocycles. The minimum absolute atomic E-state index is 0.105. The molecule has 3 aromatic heterocycles. The van der Waals surface area contributed by atoms with E-state index in [-0.39, 0.29) is 17.3 Å². The third-order valence-corrected chi connectivity index (χ3v) is 5.55. The lowest BCUT2D eigenvalue weighted by atomic mass is 10.1. The minimum atomic E-state index is -3.75. The van der Waals surface area contributed by atoms with Gasteiger partial charge in [-0.15, -0.1) is 0 Å². The molecular weight excluding hydrogens is 416 g/mol. The van der Waals surface area contributed by atoms with Crippen LogP contribution in [0.25, 0.3) is 22.4 Å². The van der Waals surface area contributed by atoms with Crippen LogP contribution in [0.15, 0.2) is 43.1 Å². The molecule has 12 heteroatoms. The molecule has 0 aliphatic carbocycles. The van der Waals surface area contributed by atoms with E-state index in [0.29, 0.717) is 22.4 Å². The number of anilines is 3. The number of H-pyrrole nitrogens is 1. The Morgan fingerprint density at radius 2 is 1.93 bits per heavy atom. The van der Waals surface area contributed by atoms with Crippen LogP contribution in [0.1, 0.15) is 6.92 Å². The second-order valence-corrected chi connectivity index (χ2v) is 8.15. The van der Waals surface area contributed by atoms with Crippen molar-refractivity contribution in [3.8, 4) is 11.3 Å². The molecule has 0 unspecified atom stereocenters. The average Bonchev–Trinajstić information content (AvgIpc) is 3.22. The first-order valence-corrected chi connectivity index (χ1v) is 10.4. The Bertz CT molecular complexity index is 1340. The number of hydrogen-bond donors (Lipinski definition) is 3. The summed E-state index contributed by atoms with van der Waals surface area (Å²) in [5, 5.41) is 2.61.